The highest BCUT2D eigenvalue weighted by atomic mass is 35.5. The minimum Gasteiger partial charge on any atom is -0.460 e. The molecule has 22 heavy (non-hydrogen) atoms. The van der Waals surface area contributed by atoms with Crippen LogP contribution >= 0.6 is 11.6 Å². The topological polar surface area (TPSA) is 44.1 Å². The Morgan fingerprint density at radius 3 is 2.73 bits per heavy atom. The zero-order valence-electron chi connectivity index (χ0n) is 13.2. The van der Waals surface area contributed by atoms with Crippen LogP contribution in [0.4, 0.5) is 0 Å². The molecule has 0 bridgehead atoms. The van der Waals surface area contributed by atoms with Crippen LogP contribution in [0.3, 0.4) is 0 Å². The first-order valence-electron chi connectivity index (χ1n) is 7.34. The van der Waals surface area contributed by atoms with E-state index in [1.165, 1.54) is 0 Å². The monoisotopic (exact) mass is 320 g/mol. The minimum atomic E-state index is -0.431. The van der Waals surface area contributed by atoms with Crippen molar-refractivity contribution in [3.05, 3.63) is 41.7 Å². The van der Waals surface area contributed by atoms with Crippen LogP contribution < -0.4 is 0 Å². The number of aromatic nitrogens is 2. The maximum atomic E-state index is 11.7. The van der Waals surface area contributed by atoms with Gasteiger partial charge in [-0.2, -0.15) is 5.10 Å². The number of carbonyl (C=O) groups is 1. The van der Waals surface area contributed by atoms with Crippen molar-refractivity contribution in [1.82, 2.24) is 9.78 Å². The molecule has 4 nitrogen and oxygen atoms in total. The minimum absolute atomic E-state index is 0.175. The smallest absolute Gasteiger partial charge is 0.306 e. The van der Waals surface area contributed by atoms with E-state index >= 15 is 0 Å². The zero-order valence-corrected chi connectivity index (χ0v) is 13.9. The number of aryl methyl sites for hydroxylation is 1. The predicted octanol–water partition coefficient (Wildman–Crippen LogP) is 4.33. The third-order valence-corrected chi connectivity index (χ3v) is 3.34. The second kappa shape index (κ2) is 6.97. The van der Waals surface area contributed by atoms with Crippen molar-refractivity contribution in [1.29, 1.82) is 0 Å². The quantitative estimate of drug-likeness (QED) is 0.770. The molecular weight excluding hydrogens is 300 g/mol. The van der Waals surface area contributed by atoms with Gasteiger partial charge in [0.2, 0.25) is 0 Å². The molecule has 0 spiro atoms. The Balaban J connectivity index is 1.88. The van der Waals surface area contributed by atoms with Crippen LogP contribution in [0.1, 0.15) is 33.6 Å². The van der Waals surface area contributed by atoms with Gasteiger partial charge in [-0.3, -0.25) is 9.48 Å². The molecule has 0 aliphatic rings. The highest BCUT2D eigenvalue weighted by Crippen LogP contribution is 2.26. The van der Waals surface area contributed by atoms with Crippen LogP contribution in [0.15, 0.2) is 36.7 Å². The van der Waals surface area contributed by atoms with Gasteiger partial charge in [0.25, 0.3) is 0 Å². The highest BCUT2D eigenvalue weighted by molar-refractivity contribution is 6.33. The SMILES string of the molecule is CC(C)(C)OC(=O)CCCn1cc(-c2ccccc2Cl)cn1. The number of benzene rings is 1. The molecule has 2 rings (SSSR count). The van der Waals surface area contributed by atoms with E-state index < -0.39 is 5.60 Å². The second-order valence-corrected chi connectivity index (χ2v) is 6.57. The Hall–Kier alpha value is -1.81. The molecular formula is C17H21ClN2O2. The number of carbonyl (C=O) groups excluding carboxylic acids is 1. The summed E-state index contributed by atoms with van der Waals surface area (Å²) in [6.45, 7) is 6.28. The Morgan fingerprint density at radius 1 is 1.32 bits per heavy atom. The van der Waals surface area contributed by atoms with E-state index in [-0.39, 0.29) is 5.97 Å². The molecule has 0 unspecified atom stereocenters. The van der Waals surface area contributed by atoms with Crippen molar-refractivity contribution in [3.8, 4) is 11.1 Å². The standard InChI is InChI=1S/C17H21ClN2O2/c1-17(2,3)22-16(21)9-6-10-20-12-13(11-19-20)14-7-4-5-8-15(14)18/h4-5,7-8,11-12H,6,9-10H2,1-3H3. The number of nitrogens with zero attached hydrogens (tertiary/aromatic N) is 2. The maximum Gasteiger partial charge on any atom is 0.306 e. The van der Waals surface area contributed by atoms with Gasteiger partial charge >= 0.3 is 5.97 Å². The molecule has 1 aromatic heterocycles. The van der Waals surface area contributed by atoms with Crippen LogP contribution in [0.5, 0.6) is 0 Å². The van der Waals surface area contributed by atoms with Crippen LogP contribution in [0, 0.1) is 0 Å². The van der Waals surface area contributed by atoms with Crippen molar-refractivity contribution in [3.63, 3.8) is 0 Å². The summed E-state index contributed by atoms with van der Waals surface area (Å²) in [5, 5.41) is 5.02. The van der Waals surface area contributed by atoms with Crippen molar-refractivity contribution in [2.45, 2.75) is 45.8 Å². The van der Waals surface area contributed by atoms with Gasteiger partial charge < -0.3 is 4.74 Å². The summed E-state index contributed by atoms with van der Waals surface area (Å²) < 4.78 is 7.10. The van der Waals surface area contributed by atoms with Gasteiger partial charge in [0.1, 0.15) is 5.60 Å². The first kappa shape index (κ1) is 16.6. The van der Waals surface area contributed by atoms with Crippen molar-refractivity contribution in [2.75, 3.05) is 0 Å². The number of ether oxygens (including phenoxy) is 1. The number of hydrogen-bond acceptors (Lipinski definition) is 3. The highest BCUT2D eigenvalue weighted by Gasteiger charge is 2.15. The average Bonchev–Trinajstić information content (AvgIpc) is 2.85. The van der Waals surface area contributed by atoms with Crippen LogP contribution in [0.2, 0.25) is 5.02 Å². The summed E-state index contributed by atoms with van der Waals surface area (Å²) in [4.78, 5) is 11.7. The molecule has 0 saturated heterocycles. The summed E-state index contributed by atoms with van der Waals surface area (Å²) in [7, 11) is 0. The van der Waals surface area contributed by atoms with Crippen LogP contribution in [-0.2, 0) is 16.1 Å². The lowest BCUT2D eigenvalue weighted by molar-refractivity contribution is -0.154. The fourth-order valence-electron chi connectivity index (χ4n) is 2.10. The zero-order chi connectivity index (χ0) is 16.2. The first-order chi connectivity index (χ1) is 10.3. The van der Waals surface area contributed by atoms with Crippen molar-refractivity contribution >= 4 is 17.6 Å². The van der Waals surface area contributed by atoms with E-state index in [2.05, 4.69) is 5.10 Å². The predicted molar refractivity (Wildman–Crippen MR) is 87.8 cm³/mol. The molecule has 0 fully saturated rings. The summed E-state index contributed by atoms with van der Waals surface area (Å²) in [6.07, 6.45) is 4.81. The lowest BCUT2D eigenvalue weighted by Crippen LogP contribution is -2.23. The Bertz CT molecular complexity index is 644. The van der Waals surface area contributed by atoms with Gasteiger partial charge in [0.05, 0.1) is 6.20 Å². The molecule has 0 aliphatic carbocycles. The largest absolute Gasteiger partial charge is 0.460 e. The third kappa shape index (κ3) is 4.88. The van der Waals surface area contributed by atoms with Crippen LogP contribution in [-0.4, -0.2) is 21.4 Å². The Labute approximate surface area is 136 Å². The number of hydrogen-bond donors (Lipinski definition) is 0. The summed E-state index contributed by atoms with van der Waals surface area (Å²) in [6, 6.07) is 7.67. The Kier molecular flexibility index (Phi) is 5.24. The van der Waals surface area contributed by atoms with Gasteiger partial charge in [-0.25, -0.2) is 0 Å². The molecule has 0 atom stereocenters. The normalized spacial score (nSPS) is 11.5. The Morgan fingerprint density at radius 2 is 2.05 bits per heavy atom. The molecule has 5 heteroatoms. The van der Waals surface area contributed by atoms with E-state index in [0.717, 1.165) is 11.1 Å². The first-order valence-corrected chi connectivity index (χ1v) is 7.72. The average molecular weight is 321 g/mol. The van der Waals surface area contributed by atoms with Gasteiger partial charge in [-0.05, 0) is 33.3 Å². The molecule has 0 amide bonds. The van der Waals surface area contributed by atoms with E-state index in [0.29, 0.717) is 24.4 Å². The number of rotatable bonds is 5. The maximum absolute atomic E-state index is 11.7. The number of halogens is 1. The van der Waals surface area contributed by atoms with E-state index in [1.807, 2.05) is 55.9 Å². The van der Waals surface area contributed by atoms with Crippen molar-refractivity contribution in [2.24, 2.45) is 0 Å². The molecule has 118 valence electrons. The molecule has 1 heterocycles. The summed E-state index contributed by atoms with van der Waals surface area (Å²) >= 11 is 6.18. The molecule has 2 aromatic rings. The van der Waals surface area contributed by atoms with E-state index in [4.69, 9.17) is 16.3 Å². The molecule has 0 saturated carbocycles. The van der Waals surface area contributed by atoms with E-state index in [1.54, 1.807) is 6.20 Å². The molecule has 0 radical (unpaired) electrons. The molecule has 1 aromatic carbocycles. The van der Waals surface area contributed by atoms with Gasteiger partial charge in [0.15, 0.2) is 0 Å². The van der Waals surface area contributed by atoms with E-state index in [9.17, 15) is 4.79 Å². The third-order valence-electron chi connectivity index (χ3n) is 3.01. The van der Waals surface area contributed by atoms with Gasteiger partial charge in [0, 0.05) is 35.3 Å². The second-order valence-electron chi connectivity index (χ2n) is 6.16. The fraction of sp³-hybridized carbons (Fsp3) is 0.412. The molecule has 0 aliphatic heterocycles. The lowest BCUT2D eigenvalue weighted by atomic mass is 10.1. The summed E-state index contributed by atoms with van der Waals surface area (Å²) in [5.74, 6) is -0.175. The van der Waals surface area contributed by atoms with Gasteiger partial charge in [-0.1, -0.05) is 29.8 Å². The summed E-state index contributed by atoms with van der Waals surface area (Å²) in [5.41, 5.74) is 1.51. The van der Waals surface area contributed by atoms with Crippen molar-refractivity contribution < 1.29 is 9.53 Å². The lowest BCUT2D eigenvalue weighted by Gasteiger charge is -2.19. The molecule has 0 N–H and O–H groups in total. The number of esters is 1. The van der Waals surface area contributed by atoms with Gasteiger partial charge in [-0.15, -0.1) is 0 Å². The van der Waals surface area contributed by atoms with Crippen LogP contribution in [0.25, 0.3) is 11.1 Å². The fourth-order valence-corrected chi connectivity index (χ4v) is 2.34.